The van der Waals surface area contributed by atoms with Crippen molar-refractivity contribution in [3.8, 4) is 5.75 Å². The van der Waals surface area contributed by atoms with E-state index in [2.05, 4.69) is 5.32 Å². The van der Waals surface area contributed by atoms with Crippen molar-refractivity contribution in [2.75, 3.05) is 14.2 Å². The zero-order chi connectivity index (χ0) is 18.0. The van der Waals surface area contributed by atoms with Crippen LogP contribution in [0.2, 0.25) is 5.02 Å². The van der Waals surface area contributed by atoms with Gasteiger partial charge in [0, 0.05) is 16.4 Å². The van der Waals surface area contributed by atoms with Crippen LogP contribution in [0.3, 0.4) is 0 Å². The molecule has 0 amide bonds. The molecular weight excluding hydrogens is 334 g/mol. The second-order valence-electron chi connectivity index (χ2n) is 5.32. The molecule has 0 saturated carbocycles. The summed E-state index contributed by atoms with van der Waals surface area (Å²) >= 11 is 6.25. The number of aromatic hydroxyl groups is 1. The second-order valence-corrected chi connectivity index (χ2v) is 5.73. The first-order valence-corrected chi connectivity index (χ1v) is 7.53. The van der Waals surface area contributed by atoms with Crippen molar-refractivity contribution in [3.05, 3.63) is 51.3 Å². The Balaban J connectivity index is 2.74. The number of benzene rings is 1. The maximum absolute atomic E-state index is 12.3. The van der Waals surface area contributed by atoms with Crippen molar-refractivity contribution in [2.24, 2.45) is 0 Å². The average Bonchev–Trinajstić information content (AvgIpc) is 2.53. The first kappa shape index (κ1) is 17.9. The molecule has 24 heavy (non-hydrogen) atoms. The van der Waals surface area contributed by atoms with E-state index in [0.717, 1.165) is 0 Å². The van der Waals surface area contributed by atoms with Gasteiger partial charge in [0.2, 0.25) is 0 Å². The van der Waals surface area contributed by atoms with Gasteiger partial charge in [-0.1, -0.05) is 17.7 Å². The van der Waals surface area contributed by atoms with Crippen LogP contribution >= 0.6 is 11.6 Å². The zero-order valence-corrected chi connectivity index (χ0v) is 14.5. The Bertz CT molecular complexity index is 728. The number of phenolic OH excluding ortho intramolecular Hbond substituents is 1. The molecule has 1 aromatic carbocycles. The third kappa shape index (κ3) is 3.10. The van der Waals surface area contributed by atoms with Gasteiger partial charge in [-0.15, -0.1) is 0 Å². The smallest absolute Gasteiger partial charge is 0.336 e. The Morgan fingerprint density at radius 1 is 1.08 bits per heavy atom. The van der Waals surface area contributed by atoms with E-state index in [4.69, 9.17) is 21.1 Å². The van der Waals surface area contributed by atoms with Gasteiger partial charge in [0.15, 0.2) is 0 Å². The van der Waals surface area contributed by atoms with Gasteiger partial charge in [0.05, 0.1) is 31.3 Å². The molecule has 0 saturated heterocycles. The predicted molar refractivity (Wildman–Crippen MR) is 88.4 cm³/mol. The lowest BCUT2D eigenvalue weighted by Crippen LogP contribution is -2.32. The third-order valence-corrected chi connectivity index (χ3v) is 4.19. The summed E-state index contributed by atoms with van der Waals surface area (Å²) in [6.45, 7) is 3.43. The summed E-state index contributed by atoms with van der Waals surface area (Å²) in [5, 5.41) is 12.8. The molecule has 7 heteroatoms. The van der Waals surface area contributed by atoms with Gasteiger partial charge in [-0.2, -0.15) is 0 Å². The number of hydrogen-bond donors (Lipinski definition) is 2. The van der Waals surface area contributed by atoms with Gasteiger partial charge in [-0.25, -0.2) is 9.59 Å². The molecule has 2 rings (SSSR count). The van der Waals surface area contributed by atoms with Crippen LogP contribution in [0.1, 0.15) is 25.3 Å². The van der Waals surface area contributed by atoms with E-state index >= 15 is 0 Å². The van der Waals surface area contributed by atoms with Crippen LogP contribution in [0.25, 0.3) is 0 Å². The van der Waals surface area contributed by atoms with E-state index in [9.17, 15) is 14.7 Å². The minimum atomic E-state index is -0.765. The Morgan fingerprint density at radius 3 is 2.00 bits per heavy atom. The molecule has 6 nitrogen and oxygen atoms in total. The quantitative estimate of drug-likeness (QED) is 0.814. The second kappa shape index (κ2) is 6.97. The van der Waals surface area contributed by atoms with Crippen LogP contribution in [0.15, 0.2) is 40.7 Å². The fraction of sp³-hybridized carbons (Fsp3) is 0.294. The largest absolute Gasteiger partial charge is 0.508 e. The van der Waals surface area contributed by atoms with E-state index in [0.29, 0.717) is 17.0 Å². The summed E-state index contributed by atoms with van der Waals surface area (Å²) in [6.07, 6.45) is 0. The number of phenols is 1. The lowest BCUT2D eigenvalue weighted by Gasteiger charge is -2.30. The van der Waals surface area contributed by atoms with Crippen molar-refractivity contribution in [2.45, 2.75) is 19.8 Å². The van der Waals surface area contributed by atoms with Crippen molar-refractivity contribution >= 4 is 23.5 Å². The topological polar surface area (TPSA) is 84.9 Å². The molecule has 1 heterocycles. The molecule has 0 radical (unpaired) electrons. The SMILES string of the molecule is COC(=O)C1=C(C)NC(C)=C(C(=O)OC)C1c1ccc(O)cc1Cl. The summed E-state index contributed by atoms with van der Waals surface area (Å²) < 4.78 is 9.74. The van der Waals surface area contributed by atoms with Gasteiger partial charge in [0.25, 0.3) is 0 Å². The maximum Gasteiger partial charge on any atom is 0.336 e. The molecular formula is C17H18ClNO5. The van der Waals surface area contributed by atoms with Crippen LogP contribution in [0.5, 0.6) is 5.75 Å². The Kier molecular flexibility index (Phi) is 5.19. The molecule has 1 aromatic rings. The van der Waals surface area contributed by atoms with Crippen molar-refractivity contribution in [1.29, 1.82) is 0 Å². The van der Waals surface area contributed by atoms with Crippen LogP contribution in [0, 0.1) is 0 Å². The highest BCUT2D eigenvalue weighted by atomic mass is 35.5. The summed E-state index contributed by atoms with van der Waals surface area (Å²) in [7, 11) is 2.53. The molecule has 0 spiro atoms. The predicted octanol–water partition coefficient (Wildman–Crippen LogP) is 2.63. The molecule has 1 aliphatic heterocycles. The Labute approximate surface area is 144 Å². The molecule has 1 aliphatic rings. The third-order valence-electron chi connectivity index (χ3n) is 3.87. The number of dihydropyridines is 1. The van der Waals surface area contributed by atoms with Crippen molar-refractivity contribution in [1.82, 2.24) is 5.32 Å². The van der Waals surface area contributed by atoms with E-state index in [-0.39, 0.29) is 21.9 Å². The number of carbonyl (C=O) groups is 2. The van der Waals surface area contributed by atoms with E-state index in [1.807, 2.05) is 0 Å². The number of methoxy groups -OCH3 is 2. The monoisotopic (exact) mass is 351 g/mol. The number of ether oxygens (including phenoxy) is 2. The number of hydrogen-bond acceptors (Lipinski definition) is 6. The standard InChI is InChI=1S/C17H18ClNO5/c1-8-13(16(21)23-3)15(11-6-5-10(20)7-12(11)18)14(9(2)19-8)17(22)24-4/h5-7,15,19-20H,1-4H3. The lowest BCUT2D eigenvalue weighted by molar-refractivity contribution is -0.137. The molecule has 0 bridgehead atoms. The summed E-state index contributed by atoms with van der Waals surface area (Å²) in [4.78, 5) is 24.6. The van der Waals surface area contributed by atoms with Crippen LogP contribution in [0.4, 0.5) is 0 Å². The molecule has 0 aromatic heterocycles. The number of carbonyl (C=O) groups excluding carboxylic acids is 2. The Morgan fingerprint density at radius 2 is 1.58 bits per heavy atom. The minimum absolute atomic E-state index is 0.0154. The highest BCUT2D eigenvalue weighted by Crippen LogP contribution is 2.42. The molecule has 0 unspecified atom stereocenters. The van der Waals surface area contributed by atoms with Gasteiger partial charge in [-0.3, -0.25) is 0 Å². The highest BCUT2D eigenvalue weighted by molar-refractivity contribution is 6.31. The maximum atomic E-state index is 12.3. The number of rotatable bonds is 3. The van der Waals surface area contributed by atoms with Gasteiger partial charge < -0.3 is 19.9 Å². The van der Waals surface area contributed by atoms with Crippen molar-refractivity contribution in [3.63, 3.8) is 0 Å². The minimum Gasteiger partial charge on any atom is -0.508 e. The summed E-state index contributed by atoms with van der Waals surface area (Å²) in [5.74, 6) is -1.94. The van der Waals surface area contributed by atoms with Crippen LogP contribution in [-0.2, 0) is 19.1 Å². The normalized spacial score (nSPS) is 15.2. The van der Waals surface area contributed by atoms with Crippen LogP contribution in [-0.4, -0.2) is 31.3 Å². The zero-order valence-electron chi connectivity index (χ0n) is 13.8. The summed E-state index contributed by atoms with van der Waals surface area (Å²) in [5.41, 5.74) is 2.13. The van der Waals surface area contributed by atoms with Gasteiger partial charge in [-0.05, 0) is 31.5 Å². The fourth-order valence-electron chi connectivity index (χ4n) is 2.82. The fourth-order valence-corrected chi connectivity index (χ4v) is 3.10. The molecule has 128 valence electrons. The van der Waals surface area contributed by atoms with E-state index in [1.54, 1.807) is 19.9 Å². The lowest BCUT2D eigenvalue weighted by atomic mass is 9.80. The van der Waals surface area contributed by atoms with Gasteiger partial charge in [0.1, 0.15) is 5.75 Å². The van der Waals surface area contributed by atoms with E-state index in [1.165, 1.54) is 26.4 Å². The average molecular weight is 352 g/mol. The molecule has 2 N–H and O–H groups in total. The number of esters is 2. The van der Waals surface area contributed by atoms with E-state index < -0.39 is 17.9 Å². The van der Waals surface area contributed by atoms with Crippen LogP contribution < -0.4 is 5.32 Å². The molecule has 0 atom stereocenters. The highest BCUT2D eigenvalue weighted by Gasteiger charge is 2.38. The number of allylic oxidation sites excluding steroid dienone is 2. The number of nitrogens with one attached hydrogen (secondary N) is 1. The first-order chi connectivity index (χ1) is 11.3. The number of halogens is 1. The van der Waals surface area contributed by atoms with Gasteiger partial charge >= 0.3 is 11.9 Å². The molecule has 0 fully saturated rings. The summed E-state index contributed by atoms with van der Waals surface area (Å²) in [6, 6.07) is 4.37. The molecule has 0 aliphatic carbocycles. The Hall–Kier alpha value is -2.47. The van der Waals surface area contributed by atoms with Crippen molar-refractivity contribution < 1.29 is 24.2 Å². The first-order valence-electron chi connectivity index (χ1n) is 7.15.